The van der Waals surface area contributed by atoms with E-state index in [4.69, 9.17) is 0 Å². The van der Waals surface area contributed by atoms with Crippen LogP contribution in [0.25, 0.3) is 5.65 Å². The van der Waals surface area contributed by atoms with Gasteiger partial charge in [0, 0.05) is 30.4 Å². The quantitative estimate of drug-likeness (QED) is 0.560. The van der Waals surface area contributed by atoms with Gasteiger partial charge in [0.25, 0.3) is 0 Å². The molecule has 0 aliphatic rings. The van der Waals surface area contributed by atoms with Crippen LogP contribution in [0.5, 0.6) is 0 Å². The van der Waals surface area contributed by atoms with Crippen molar-refractivity contribution in [1.29, 1.82) is 0 Å². The molecule has 5 heteroatoms. The van der Waals surface area contributed by atoms with E-state index in [9.17, 15) is 4.79 Å². The molecule has 0 saturated heterocycles. The van der Waals surface area contributed by atoms with E-state index < -0.39 is 0 Å². The second-order valence-corrected chi connectivity index (χ2v) is 6.83. The summed E-state index contributed by atoms with van der Waals surface area (Å²) in [4.78, 5) is 21.7. The smallest absolute Gasteiger partial charge is 0.221 e. The zero-order valence-corrected chi connectivity index (χ0v) is 15.7. The van der Waals surface area contributed by atoms with Gasteiger partial charge in [-0.1, -0.05) is 42.5 Å². The number of rotatable bonds is 6. The summed E-state index contributed by atoms with van der Waals surface area (Å²) in [5, 5.41) is 3.04. The standard InChI is InChI=1S/C23H22N4O/c1-17-8-7-13-27-19(16-26-23(17)27)15-25-22(28)14-20(18-9-3-2-4-10-18)21-11-5-6-12-24-21/h2-13,16,20H,14-15H2,1H3,(H,25,28)/t20-/m0/s1. The Balaban J connectivity index is 1.49. The van der Waals surface area contributed by atoms with Crippen LogP contribution in [0, 0.1) is 6.92 Å². The molecule has 1 N–H and O–H groups in total. The van der Waals surface area contributed by atoms with Gasteiger partial charge in [-0.05, 0) is 36.2 Å². The molecule has 5 nitrogen and oxygen atoms in total. The van der Waals surface area contributed by atoms with Gasteiger partial charge in [0.15, 0.2) is 0 Å². The van der Waals surface area contributed by atoms with Crippen molar-refractivity contribution < 1.29 is 4.79 Å². The van der Waals surface area contributed by atoms with Crippen molar-refractivity contribution >= 4 is 11.6 Å². The van der Waals surface area contributed by atoms with E-state index >= 15 is 0 Å². The van der Waals surface area contributed by atoms with Gasteiger partial charge in [-0.25, -0.2) is 4.98 Å². The van der Waals surface area contributed by atoms with Gasteiger partial charge in [0.1, 0.15) is 5.65 Å². The average molecular weight is 370 g/mol. The third-order valence-electron chi connectivity index (χ3n) is 4.91. The molecule has 0 saturated carbocycles. The highest BCUT2D eigenvalue weighted by Gasteiger charge is 2.19. The van der Waals surface area contributed by atoms with Crippen molar-refractivity contribution in [2.45, 2.75) is 25.8 Å². The fourth-order valence-corrected chi connectivity index (χ4v) is 3.44. The molecule has 0 aliphatic heterocycles. The Morgan fingerprint density at radius 3 is 2.64 bits per heavy atom. The molecule has 1 amide bonds. The summed E-state index contributed by atoms with van der Waals surface area (Å²) in [7, 11) is 0. The van der Waals surface area contributed by atoms with Crippen LogP contribution in [-0.4, -0.2) is 20.3 Å². The topological polar surface area (TPSA) is 59.3 Å². The van der Waals surface area contributed by atoms with Crippen LogP contribution in [0.2, 0.25) is 0 Å². The van der Waals surface area contributed by atoms with Gasteiger partial charge in [0.2, 0.25) is 5.91 Å². The number of pyridine rings is 2. The maximum atomic E-state index is 12.7. The Labute approximate surface area is 164 Å². The first kappa shape index (κ1) is 17.9. The lowest BCUT2D eigenvalue weighted by Gasteiger charge is -2.17. The number of aromatic nitrogens is 3. The Bertz CT molecular complexity index is 1030. The summed E-state index contributed by atoms with van der Waals surface area (Å²) >= 11 is 0. The summed E-state index contributed by atoms with van der Waals surface area (Å²) in [6.45, 7) is 2.47. The molecule has 1 aromatic carbocycles. The van der Waals surface area contributed by atoms with E-state index in [0.717, 1.165) is 28.2 Å². The monoisotopic (exact) mass is 370 g/mol. The fourth-order valence-electron chi connectivity index (χ4n) is 3.44. The Morgan fingerprint density at radius 2 is 1.86 bits per heavy atom. The predicted octanol–water partition coefficient (Wildman–Crippen LogP) is 3.88. The lowest BCUT2D eigenvalue weighted by atomic mass is 9.91. The Morgan fingerprint density at radius 1 is 1.04 bits per heavy atom. The van der Waals surface area contributed by atoms with Crippen LogP contribution in [-0.2, 0) is 11.3 Å². The maximum Gasteiger partial charge on any atom is 0.221 e. The molecule has 0 unspecified atom stereocenters. The average Bonchev–Trinajstić information content (AvgIpc) is 3.16. The summed E-state index contributed by atoms with van der Waals surface area (Å²) in [6.07, 6.45) is 5.90. The highest BCUT2D eigenvalue weighted by molar-refractivity contribution is 5.77. The van der Waals surface area contributed by atoms with Crippen molar-refractivity contribution in [1.82, 2.24) is 19.7 Å². The molecule has 4 aromatic rings. The van der Waals surface area contributed by atoms with Crippen molar-refractivity contribution in [3.63, 3.8) is 0 Å². The first-order valence-electron chi connectivity index (χ1n) is 9.36. The summed E-state index contributed by atoms with van der Waals surface area (Å²) in [6, 6.07) is 19.9. The zero-order valence-electron chi connectivity index (χ0n) is 15.7. The summed E-state index contributed by atoms with van der Waals surface area (Å²) < 4.78 is 2.02. The number of nitrogens with zero attached hydrogens (tertiary/aromatic N) is 3. The first-order valence-corrected chi connectivity index (χ1v) is 9.36. The lowest BCUT2D eigenvalue weighted by Crippen LogP contribution is -2.25. The van der Waals surface area contributed by atoms with Gasteiger partial charge in [0.05, 0.1) is 18.4 Å². The highest BCUT2D eigenvalue weighted by Crippen LogP contribution is 2.26. The van der Waals surface area contributed by atoms with Gasteiger partial charge in [-0.2, -0.15) is 0 Å². The van der Waals surface area contributed by atoms with E-state index in [-0.39, 0.29) is 11.8 Å². The minimum absolute atomic E-state index is 0.0119. The van der Waals surface area contributed by atoms with Crippen molar-refractivity contribution in [3.05, 3.63) is 102 Å². The minimum Gasteiger partial charge on any atom is -0.350 e. The number of hydrogen-bond donors (Lipinski definition) is 1. The number of fused-ring (bicyclic) bond motifs is 1. The Kier molecular flexibility index (Phi) is 5.15. The number of hydrogen-bond acceptors (Lipinski definition) is 3. The zero-order chi connectivity index (χ0) is 19.3. The van der Waals surface area contributed by atoms with Crippen LogP contribution < -0.4 is 5.32 Å². The number of carbonyl (C=O) groups is 1. The second-order valence-electron chi connectivity index (χ2n) is 6.83. The maximum absolute atomic E-state index is 12.7. The second kappa shape index (κ2) is 8.05. The van der Waals surface area contributed by atoms with Gasteiger partial charge >= 0.3 is 0 Å². The van der Waals surface area contributed by atoms with Gasteiger partial charge in [-0.3, -0.25) is 9.78 Å². The van der Waals surface area contributed by atoms with E-state index in [2.05, 4.69) is 15.3 Å². The van der Waals surface area contributed by atoms with Crippen molar-refractivity contribution in [2.75, 3.05) is 0 Å². The Hall–Kier alpha value is -3.47. The summed E-state index contributed by atoms with van der Waals surface area (Å²) in [5.74, 6) is -0.0889. The van der Waals surface area contributed by atoms with Crippen LogP contribution >= 0.6 is 0 Å². The van der Waals surface area contributed by atoms with Crippen LogP contribution in [0.1, 0.15) is 34.9 Å². The third kappa shape index (κ3) is 3.78. The molecule has 140 valence electrons. The van der Waals surface area contributed by atoms with E-state index in [1.807, 2.05) is 84.4 Å². The predicted molar refractivity (Wildman–Crippen MR) is 109 cm³/mol. The molecule has 0 radical (unpaired) electrons. The minimum atomic E-state index is -0.0770. The number of aryl methyl sites for hydroxylation is 1. The molecule has 3 aromatic heterocycles. The molecule has 0 bridgehead atoms. The number of benzene rings is 1. The SMILES string of the molecule is Cc1cccn2c(CNC(=O)C[C@@H](c3ccccc3)c3ccccn3)cnc12. The molecular weight excluding hydrogens is 348 g/mol. The molecule has 0 fully saturated rings. The number of nitrogens with one attached hydrogen (secondary N) is 1. The molecule has 0 aliphatic carbocycles. The van der Waals surface area contributed by atoms with E-state index in [0.29, 0.717) is 13.0 Å². The fraction of sp³-hybridized carbons (Fsp3) is 0.174. The molecule has 1 atom stereocenters. The molecule has 3 heterocycles. The van der Waals surface area contributed by atoms with Crippen LogP contribution in [0.4, 0.5) is 0 Å². The first-order chi connectivity index (χ1) is 13.7. The molecule has 0 spiro atoms. The van der Waals surface area contributed by atoms with Crippen LogP contribution in [0.15, 0.2) is 79.3 Å². The molecule has 28 heavy (non-hydrogen) atoms. The molecule has 4 rings (SSSR count). The lowest BCUT2D eigenvalue weighted by molar-refractivity contribution is -0.121. The van der Waals surface area contributed by atoms with Gasteiger partial charge in [-0.15, -0.1) is 0 Å². The normalized spacial score (nSPS) is 12.0. The van der Waals surface area contributed by atoms with Crippen molar-refractivity contribution in [3.8, 4) is 0 Å². The third-order valence-corrected chi connectivity index (χ3v) is 4.91. The summed E-state index contributed by atoms with van der Waals surface area (Å²) in [5.41, 5.74) is 4.97. The van der Waals surface area contributed by atoms with Crippen molar-refractivity contribution in [2.24, 2.45) is 0 Å². The highest BCUT2D eigenvalue weighted by atomic mass is 16.1. The number of amides is 1. The number of imidazole rings is 1. The number of carbonyl (C=O) groups excluding carboxylic acids is 1. The van der Waals surface area contributed by atoms with E-state index in [1.165, 1.54) is 0 Å². The molecular formula is C23H22N4O. The van der Waals surface area contributed by atoms with E-state index in [1.54, 1.807) is 6.20 Å². The van der Waals surface area contributed by atoms with Gasteiger partial charge < -0.3 is 9.72 Å². The largest absolute Gasteiger partial charge is 0.350 e. The van der Waals surface area contributed by atoms with Crippen LogP contribution in [0.3, 0.4) is 0 Å².